The van der Waals surface area contributed by atoms with Crippen molar-refractivity contribution >= 4 is 0 Å². The molecule has 250 valence electrons. The van der Waals surface area contributed by atoms with Gasteiger partial charge in [-0.3, -0.25) is 4.98 Å². The van der Waals surface area contributed by atoms with Gasteiger partial charge in [0, 0.05) is 34.5 Å². The Bertz CT molecular complexity index is 2390. The van der Waals surface area contributed by atoms with Crippen molar-refractivity contribution in [2.24, 2.45) is 23.7 Å². The van der Waals surface area contributed by atoms with Gasteiger partial charge < -0.3 is 0 Å². The summed E-state index contributed by atoms with van der Waals surface area (Å²) in [4.78, 5) is 19.6. The van der Waals surface area contributed by atoms with E-state index in [1.807, 2.05) is 48.8 Å². The Morgan fingerprint density at radius 2 is 0.904 bits per heavy atom. The first kappa shape index (κ1) is 29.9. The zero-order valence-electron chi connectivity index (χ0n) is 29.0. The molecule has 4 fully saturated rings. The van der Waals surface area contributed by atoms with E-state index >= 15 is 0 Å². The summed E-state index contributed by atoms with van der Waals surface area (Å²) in [6.07, 6.45) is 10.7. The van der Waals surface area contributed by atoms with Gasteiger partial charge in [0.2, 0.25) is 0 Å². The van der Waals surface area contributed by atoms with Crippen molar-refractivity contribution < 1.29 is 0 Å². The minimum absolute atomic E-state index is 0.115. The smallest absolute Gasteiger partial charge is 0.164 e. The molecule has 0 N–H and O–H groups in total. The lowest BCUT2D eigenvalue weighted by Gasteiger charge is -2.61. The molecule has 0 radical (unpaired) electrons. The second-order valence-corrected chi connectivity index (χ2v) is 15.6. The zero-order chi connectivity index (χ0) is 34.2. The van der Waals surface area contributed by atoms with Gasteiger partial charge in [0.1, 0.15) is 0 Å². The van der Waals surface area contributed by atoms with E-state index in [1.165, 1.54) is 54.4 Å². The summed E-state index contributed by atoms with van der Waals surface area (Å²) in [5.74, 6) is 5.26. The van der Waals surface area contributed by atoms with Crippen molar-refractivity contribution in [3.8, 4) is 67.5 Å². The van der Waals surface area contributed by atoms with E-state index < -0.39 is 0 Å². The first-order chi connectivity index (χ1) is 25.7. The maximum absolute atomic E-state index is 5.14. The molecule has 5 aliphatic rings. The molecule has 52 heavy (non-hydrogen) atoms. The van der Waals surface area contributed by atoms with E-state index in [0.717, 1.165) is 51.5 Å². The Kier molecular flexibility index (Phi) is 6.70. The van der Waals surface area contributed by atoms with E-state index in [2.05, 4.69) is 102 Å². The van der Waals surface area contributed by atoms with Crippen LogP contribution < -0.4 is 0 Å². The third-order valence-corrected chi connectivity index (χ3v) is 12.8. The molecule has 2 aromatic heterocycles. The molecule has 0 atom stereocenters. The molecule has 0 unspecified atom stereocenters. The van der Waals surface area contributed by atoms with Crippen molar-refractivity contribution in [3.05, 3.63) is 157 Å². The van der Waals surface area contributed by atoms with Crippen molar-refractivity contribution in [2.75, 3.05) is 0 Å². The number of hydrogen-bond donors (Lipinski definition) is 0. The Balaban J connectivity index is 1.11. The van der Waals surface area contributed by atoms with Gasteiger partial charge in [-0.05, 0) is 137 Å². The lowest BCUT2D eigenvalue weighted by Crippen LogP contribution is -2.55. The summed E-state index contributed by atoms with van der Waals surface area (Å²) in [6.45, 7) is 0. The van der Waals surface area contributed by atoms with Gasteiger partial charge in [-0.2, -0.15) is 0 Å². The van der Waals surface area contributed by atoms with Crippen LogP contribution in [0.3, 0.4) is 0 Å². The molecule has 4 saturated carbocycles. The van der Waals surface area contributed by atoms with Gasteiger partial charge >= 0.3 is 0 Å². The van der Waals surface area contributed by atoms with Crippen molar-refractivity contribution in [1.82, 2.24) is 19.9 Å². The van der Waals surface area contributed by atoms with E-state index in [-0.39, 0.29) is 5.41 Å². The van der Waals surface area contributed by atoms with Crippen LogP contribution in [-0.4, -0.2) is 19.9 Å². The van der Waals surface area contributed by atoms with Gasteiger partial charge in [0.05, 0.1) is 0 Å². The Morgan fingerprint density at radius 3 is 1.54 bits per heavy atom. The van der Waals surface area contributed by atoms with Crippen LogP contribution in [0, 0.1) is 23.7 Å². The summed E-state index contributed by atoms with van der Waals surface area (Å²) in [6, 6.07) is 48.2. The van der Waals surface area contributed by atoms with Crippen LogP contribution in [0.5, 0.6) is 0 Å². The average molecular weight is 671 g/mol. The molecule has 7 aromatic rings. The normalized spacial score (nSPS) is 23.5. The number of fused-ring (bicyclic) bond motifs is 3. The fraction of sp³-hybridized carbons (Fsp3) is 0.208. The van der Waals surface area contributed by atoms with Gasteiger partial charge in [-0.15, -0.1) is 0 Å². The fourth-order valence-corrected chi connectivity index (χ4v) is 10.9. The average Bonchev–Trinajstić information content (AvgIpc) is 3.50. The standard InChI is InChI=1S/C48H38N4/c1-3-9-33(10-4-1)45-50-46(34-11-5-2-6-12-34)52-47(51-45)38-27-36(32-17-19-49-20-18-32)26-37(28-38)35-15-16-42-41-13-7-8-14-43(41)48(44(42)29-35)39-22-30-21-31(24-39)25-40(48)23-30/h1-20,26-31,39-40H,21-25H2. The molecule has 12 rings (SSSR count). The monoisotopic (exact) mass is 670 g/mol. The molecule has 4 heteroatoms. The van der Waals surface area contributed by atoms with Crippen molar-refractivity contribution in [2.45, 2.75) is 37.5 Å². The van der Waals surface area contributed by atoms with Crippen LogP contribution in [0.2, 0.25) is 0 Å². The zero-order valence-corrected chi connectivity index (χ0v) is 29.0. The lowest BCUT2D eigenvalue weighted by molar-refractivity contribution is -0.0399. The number of pyridine rings is 1. The summed E-state index contributed by atoms with van der Waals surface area (Å²) in [7, 11) is 0. The van der Waals surface area contributed by atoms with Crippen LogP contribution >= 0.6 is 0 Å². The first-order valence-corrected chi connectivity index (χ1v) is 18.9. The predicted molar refractivity (Wildman–Crippen MR) is 208 cm³/mol. The molecular formula is C48H38N4. The van der Waals surface area contributed by atoms with Crippen LogP contribution in [-0.2, 0) is 5.41 Å². The molecule has 0 saturated heterocycles. The van der Waals surface area contributed by atoms with Gasteiger partial charge in [-0.1, -0.05) is 97.1 Å². The molecule has 5 aromatic carbocycles. The largest absolute Gasteiger partial charge is 0.265 e. The van der Waals surface area contributed by atoms with Crippen LogP contribution in [0.4, 0.5) is 0 Å². The Labute approximate surface area is 304 Å². The van der Waals surface area contributed by atoms with E-state index in [1.54, 1.807) is 11.1 Å². The summed E-state index contributed by atoms with van der Waals surface area (Å²) in [5.41, 5.74) is 13.7. The van der Waals surface area contributed by atoms with Gasteiger partial charge in [-0.25, -0.2) is 15.0 Å². The predicted octanol–water partition coefficient (Wildman–Crippen LogP) is 11.3. The van der Waals surface area contributed by atoms with Crippen molar-refractivity contribution in [3.63, 3.8) is 0 Å². The highest BCUT2D eigenvalue weighted by Gasteiger charge is 2.61. The van der Waals surface area contributed by atoms with Crippen LogP contribution in [0.25, 0.3) is 67.5 Å². The Morgan fingerprint density at radius 1 is 0.385 bits per heavy atom. The summed E-state index contributed by atoms with van der Waals surface area (Å²) >= 11 is 0. The van der Waals surface area contributed by atoms with E-state index in [0.29, 0.717) is 17.5 Å². The topological polar surface area (TPSA) is 51.6 Å². The van der Waals surface area contributed by atoms with Crippen LogP contribution in [0.1, 0.15) is 43.2 Å². The molecular weight excluding hydrogens is 633 g/mol. The highest BCUT2D eigenvalue weighted by atomic mass is 15.0. The molecule has 4 bridgehead atoms. The minimum Gasteiger partial charge on any atom is -0.265 e. The molecule has 5 aliphatic carbocycles. The highest BCUT2D eigenvalue weighted by Crippen LogP contribution is 2.69. The maximum Gasteiger partial charge on any atom is 0.164 e. The second-order valence-electron chi connectivity index (χ2n) is 15.6. The minimum atomic E-state index is 0.115. The number of nitrogens with zero attached hydrogens (tertiary/aromatic N) is 4. The maximum atomic E-state index is 5.14. The highest BCUT2D eigenvalue weighted by molar-refractivity contribution is 5.87. The second kappa shape index (κ2) is 11.6. The third-order valence-electron chi connectivity index (χ3n) is 12.8. The fourth-order valence-electron chi connectivity index (χ4n) is 10.9. The molecule has 2 heterocycles. The Hall–Kier alpha value is -5.74. The number of hydrogen-bond acceptors (Lipinski definition) is 4. The van der Waals surface area contributed by atoms with E-state index in [4.69, 9.17) is 15.0 Å². The van der Waals surface area contributed by atoms with Gasteiger partial charge in [0.15, 0.2) is 17.5 Å². The third kappa shape index (κ3) is 4.60. The number of aromatic nitrogens is 4. The lowest BCUT2D eigenvalue weighted by atomic mass is 9.43. The molecule has 0 amide bonds. The first-order valence-electron chi connectivity index (χ1n) is 18.9. The quantitative estimate of drug-likeness (QED) is 0.183. The number of benzene rings is 5. The van der Waals surface area contributed by atoms with Crippen LogP contribution in [0.15, 0.2) is 146 Å². The SMILES string of the molecule is c1ccc(-c2nc(-c3ccccc3)nc(-c3cc(-c4ccncc4)cc(-c4ccc5c(c4)C4(c6ccccc6-5)C5CC6CC(C5)CC4C6)c3)n2)cc1. The van der Waals surface area contributed by atoms with Crippen molar-refractivity contribution in [1.29, 1.82) is 0 Å². The molecule has 4 nitrogen and oxygen atoms in total. The summed E-state index contributed by atoms with van der Waals surface area (Å²) in [5, 5.41) is 0. The molecule has 1 spiro atoms. The number of rotatable bonds is 5. The summed E-state index contributed by atoms with van der Waals surface area (Å²) < 4.78 is 0. The molecule has 0 aliphatic heterocycles. The van der Waals surface area contributed by atoms with E-state index in [9.17, 15) is 0 Å². The van der Waals surface area contributed by atoms with Gasteiger partial charge in [0.25, 0.3) is 0 Å².